The van der Waals surface area contributed by atoms with Gasteiger partial charge < -0.3 is 10.1 Å². The number of benzene rings is 1. The number of carbonyl (C=O) groups is 2. The van der Waals surface area contributed by atoms with E-state index >= 15 is 0 Å². The molecule has 9 heteroatoms. The molecule has 2 unspecified atom stereocenters. The van der Waals surface area contributed by atoms with Crippen molar-refractivity contribution in [2.75, 3.05) is 20.0 Å². The fraction of sp³-hybridized carbons (Fsp3) is 0.389. The Balaban J connectivity index is 2.24. The van der Waals surface area contributed by atoms with Crippen LogP contribution in [0.3, 0.4) is 0 Å². The lowest BCUT2D eigenvalue weighted by molar-refractivity contribution is -0.122. The average Bonchev–Trinajstić information content (AvgIpc) is 2.62. The number of sulfone groups is 1. The molecule has 1 heterocycles. The van der Waals surface area contributed by atoms with Crippen molar-refractivity contribution >= 4 is 49.8 Å². The summed E-state index contributed by atoms with van der Waals surface area (Å²) in [5.74, 6) is -0.787. The van der Waals surface area contributed by atoms with Crippen LogP contribution in [0.2, 0.25) is 0 Å². The maximum absolute atomic E-state index is 12.6. The minimum atomic E-state index is -3.30. The first-order valence-corrected chi connectivity index (χ1v) is 11.3. The minimum Gasteiger partial charge on any atom is -0.385 e. The number of ketones is 1. The Hall–Kier alpha value is -1.59. The summed E-state index contributed by atoms with van der Waals surface area (Å²) in [7, 11) is -1.75. The molecule has 1 aliphatic heterocycles. The number of hydrogen-bond donors (Lipinski definition) is 1. The summed E-state index contributed by atoms with van der Waals surface area (Å²) in [5.41, 5.74) is 1.39. The van der Waals surface area contributed by atoms with Gasteiger partial charge in [0, 0.05) is 31.9 Å². The third kappa shape index (κ3) is 5.45. The predicted octanol–water partition coefficient (Wildman–Crippen LogP) is 2.02. The maximum Gasteiger partial charge on any atom is 0.257 e. The summed E-state index contributed by atoms with van der Waals surface area (Å²) in [6.07, 6.45) is 2.90. The smallest absolute Gasteiger partial charge is 0.257 e. The van der Waals surface area contributed by atoms with E-state index in [1.165, 1.54) is 18.3 Å². The van der Waals surface area contributed by atoms with Crippen molar-refractivity contribution in [3.8, 4) is 0 Å². The van der Waals surface area contributed by atoms with Gasteiger partial charge in [-0.15, -0.1) is 0 Å². The Morgan fingerprint density at radius 1 is 1.33 bits per heavy atom. The Labute approximate surface area is 172 Å². The first-order valence-electron chi connectivity index (χ1n) is 8.17. The zero-order chi connectivity index (χ0) is 20.2. The van der Waals surface area contributed by atoms with Crippen LogP contribution in [0, 0.1) is 0 Å². The minimum absolute atomic E-state index is 0.00942. The molecule has 1 aromatic carbocycles. The molecule has 0 bridgehead atoms. The molecule has 0 saturated heterocycles. The molecular formula is C18H21IN2O5S. The van der Waals surface area contributed by atoms with E-state index in [0.29, 0.717) is 18.7 Å². The quantitative estimate of drug-likeness (QED) is 0.348. The lowest BCUT2D eigenvalue weighted by Crippen LogP contribution is -2.37. The van der Waals surface area contributed by atoms with Crippen LogP contribution >= 0.6 is 22.6 Å². The third-order valence-electron chi connectivity index (χ3n) is 4.13. The highest BCUT2D eigenvalue weighted by atomic mass is 127. The SMILES string of the molecule is COCCC(NC(=O)C1=CN=C(C)C(I)C1=O)c1ccc(S(C)(=O)=O)cc1. The summed E-state index contributed by atoms with van der Waals surface area (Å²) in [5, 5.41) is 2.83. The van der Waals surface area contributed by atoms with Gasteiger partial charge in [-0.25, -0.2) is 8.42 Å². The van der Waals surface area contributed by atoms with E-state index in [1.54, 1.807) is 26.2 Å². The molecule has 27 heavy (non-hydrogen) atoms. The second-order valence-electron chi connectivity index (χ2n) is 6.19. The van der Waals surface area contributed by atoms with E-state index in [9.17, 15) is 18.0 Å². The molecule has 0 radical (unpaired) electrons. The van der Waals surface area contributed by atoms with Gasteiger partial charge in [0.15, 0.2) is 15.6 Å². The fourth-order valence-corrected chi connectivity index (χ4v) is 3.66. The van der Waals surface area contributed by atoms with Crippen molar-refractivity contribution in [3.05, 3.63) is 41.6 Å². The van der Waals surface area contributed by atoms with Crippen molar-refractivity contribution in [1.82, 2.24) is 5.32 Å². The maximum atomic E-state index is 12.6. The highest BCUT2D eigenvalue weighted by molar-refractivity contribution is 14.1. The Morgan fingerprint density at radius 3 is 2.52 bits per heavy atom. The molecule has 0 fully saturated rings. The van der Waals surface area contributed by atoms with Gasteiger partial charge in [0.1, 0.15) is 9.50 Å². The predicted molar refractivity (Wildman–Crippen MR) is 111 cm³/mol. The molecule has 0 saturated carbocycles. The molecule has 1 amide bonds. The second kappa shape index (κ2) is 9.07. The van der Waals surface area contributed by atoms with Gasteiger partial charge in [-0.2, -0.15) is 0 Å². The first kappa shape index (κ1) is 21.7. The number of hydrogen-bond acceptors (Lipinski definition) is 6. The van der Waals surface area contributed by atoms with Crippen molar-refractivity contribution in [2.24, 2.45) is 4.99 Å². The highest BCUT2D eigenvalue weighted by Gasteiger charge is 2.30. The van der Waals surface area contributed by atoms with Crippen LogP contribution in [0.5, 0.6) is 0 Å². The molecule has 7 nitrogen and oxygen atoms in total. The zero-order valence-electron chi connectivity index (χ0n) is 15.2. The number of methoxy groups -OCH3 is 1. The topological polar surface area (TPSA) is 102 Å². The van der Waals surface area contributed by atoms with Crippen molar-refractivity contribution < 1.29 is 22.7 Å². The molecule has 0 spiro atoms. The standard InChI is InChI=1S/C18H21IN2O5S/c1-11-16(19)17(22)14(10-20-11)18(23)21-15(8-9-26-2)12-4-6-13(7-5-12)27(3,24)25/h4-7,10,15-16H,8-9H2,1-3H3,(H,21,23). The van der Waals surface area contributed by atoms with E-state index in [4.69, 9.17) is 4.74 Å². The third-order valence-corrected chi connectivity index (χ3v) is 6.73. The van der Waals surface area contributed by atoms with Crippen molar-refractivity contribution in [3.63, 3.8) is 0 Å². The van der Waals surface area contributed by atoms with E-state index in [-0.39, 0.29) is 16.3 Å². The van der Waals surface area contributed by atoms with Crippen molar-refractivity contribution in [1.29, 1.82) is 0 Å². The van der Waals surface area contributed by atoms with Gasteiger partial charge in [-0.1, -0.05) is 34.7 Å². The highest BCUT2D eigenvalue weighted by Crippen LogP contribution is 2.22. The summed E-state index contributed by atoms with van der Waals surface area (Å²) in [4.78, 5) is 29.3. The number of ether oxygens (including phenoxy) is 1. The van der Waals surface area contributed by atoms with Gasteiger partial charge in [0.05, 0.1) is 10.9 Å². The molecule has 1 aromatic rings. The Kier molecular flexibility index (Phi) is 7.29. The van der Waals surface area contributed by atoms with Crippen LogP contribution in [-0.2, 0) is 24.2 Å². The van der Waals surface area contributed by atoms with Crippen molar-refractivity contribution in [2.45, 2.75) is 28.2 Å². The Bertz CT molecular complexity index is 891. The number of amides is 1. The number of nitrogens with zero attached hydrogens (tertiary/aromatic N) is 1. The number of alkyl halides is 1. The summed E-state index contributed by atoms with van der Waals surface area (Å²) in [6.45, 7) is 2.13. The van der Waals surface area contributed by atoms with Gasteiger partial charge in [0.2, 0.25) is 0 Å². The molecule has 0 aromatic heterocycles. The van der Waals surface area contributed by atoms with E-state index in [1.807, 2.05) is 22.6 Å². The molecule has 1 N–H and O–H groups in total. The van der Waals surface area contributed by atoms with Crippen LogP contribution in [0.25, 0.3) is 0 Å². The zero-order valence-corrected chi connectivity index (χ0v) is 18.2. The number of rotatable bonds is 7. The largest absolute Gasteiger partial charge is 0.385 e. The van der Waals surface area contributed by atoms with Crippen LogP contribution in [0.15, 0.2) is 45.9 Å². The van der Waals surface area contributed by atoms with Gasteiger partial charge in [-0.3, -0.25) is 14.6 Å². The number of aliphatic imine (C=N–C) groups is 1. The number of carbonyl (C=O) groups excluding carboxylic acids is 2. The molecule has 1 aliphatic rings. The monoisotopic (exact) mass is 504 g/mol. The molecule has 146 valence electrons. The van der Waals surface area contributed by atoms with Crippen LogP contribution in [0.4, 0.5) is 0 Å². The van der Waals surface area contributed by atoms with Gasteiger partial charge >= 0.3 is 0 Å². The summed E-state index contributed by atoms with van der Waals surface area (Å²) in [6, 6.07) is 5.86. The lowest BCUT2D eigenvalue weighted by Gasteiger charge is -2.21. The molecular weight excluding hydrogens is 483 g/mol. The lowest BCUT2D eigenvalue weighted by atomic mass is 10.0. The molecule has 2 rings (SSSR count). The number of Topliss-reactive ketones (excluding diaryl/α,β-unsaturated/α-hetero) is 1. The van der Waals surface area contributed by atoms with Gasteiger partial charge in [0.25, 0.3) is 5.91 Å². The normalized spacial score (nSPS) is 18.5. The molecule has 0 aliphatic carbocycles. The number of halogens is 1. The van der Waals surface area contributed by atoms with Crippen LogP contribution in [-0.4, -0.2) is 49.7 Å². The second-order valence-corrected chi connectivity index (χ2v) is 9.45. The van der Waals surface area contributed by atoms with Crippen LogP contribution in [0.1, 0.15) is 24.9 Å². The van der Waals surface area contributed by atoms with E-state index < -0.39 is 25.7 Å². The summed E-state index contributed by atoms with van der Waals surface area (Å²) < 4.78 is 27.9. The average molecular weight is 504 g/mol. The number of nitrogens with one attached hydrogen (secondary N) is 1. The Morgan fingerprint density at radius 2 is 1.96 bits per heavy atom. The van der Waals surface area contributed by atoms with E-state index in [2.05, 4.69) is 10.3 Å². The van der Waals surface area contributed by atoms with Gasteiger partial charge in [-0.05, 0) is 31.0 Å². The summed E-state index contributed by atoms with van der Waals surface area (Å²) >= 11 is 1.96. The van der Waals surface area contributed by atoms with Crippen LogP contribution < -0.4 is 5.32 Å². The molecule has 2 atom stereocenters. The first-order chi connectivity index (χ1) is 12.6. The van der Waals surface area contributed by atoms with E-state index in [0.717, 1.165) is 11.8 Å². The fourth-order valence-electron chi connectivity index (χ4n) is 2.53.